The molecule has 166 valence electrons. The SMILES string of the molecule is C=C[C@H]1CN2CCC1C[C@H]2[C@H](O)c1cc(OC(=O)C(F)(F)F)nc2ccc(OC)cc12. The van der Waals surface area contributed by atoms with E-state index in [-0.39, 0.29) is 6.04 Å². The Morgan fingerprint density at radius 3 is 2.77 bits per heavy atom. The summed E-state index contributed by atoms with van der Waals surface area (Å²) in [5.41, 5.74) is 0.642. The van der Waals surface area contributed by atoms with Crippen LogP contribution in [0.15, 0.2) is 36.9 Å². The molecule has 3 saturated heterocycles. The lowest BCUT2D eigenvalue weighted by molar-refractivity contribution is -0.190. The number of hydrogen-bond donors (Lipinski definition) is 1. The van der Waals surface area contributed by atoms with Crippen molar-refractivity contribution in [2.75, 3.05) is 20.2 Å². The number of halogens is 3. The van der Waals surface area contributed by atoms with E-state index in [0.717, 1.165) is 25.9 Å². The van der Waals surface area contributed by atoms with Crippen molar-refractivity contribution >= 4 is 16.9 Å². The molecule has 0 radical (unpaired) electrons. The highest BCUT2D eigenvalue weighted by molar-refractivity contribution is 5.86. The first-order chi connectivity index (χ1) is 14.7. The van der Waals surface area contributed by atoms with Gasteiger partial charge < -0.3 is 14.6 Å². The Bertz CT molecular complexity index is 1010. The molecule has 0 saturated carbocycles. The average molecular weight is 436 g/mol. The lowest BCUT2D eigenvalue weighted by Gasteiger charge is -2.50. The van der Waals surface area contributed by atoms with E-state index in [9.17, 15) is 23.1 Å². The van der Waals surface area contributed by atoms with Crippen LogP contribution in [-0.2, 0) is 4.79 Å². The monoisotopic (exact) mass is 436 g/mol. The normalized spacial score (nSPS) is 26.5. The summed E-state index contributed by atoms with van der Waals surface area (Å²) in [5, 5.41) is 11.8. The molecule has 0 spiro atoms. The first-order valence-electron chi connectivity index (χ1n) is 10.0. The fraction of sp³-hybridized carbons (Fsp3) is 0.455. The van der Waals surface area contributed by atoms with Crippen LogP contribution < -0.4 is 9.47 Å². The second kappa shape index (κ2) is 8.12. The van der Waals surface area contributed by atoms with Crippen molar-refractivity contribution in [3.63, 3.8) is 0 Å². The smallest absolute Gasteiger partial charge is 0.491 e. The maximum atomic E-state index is 12.7. The zero-order valence-corrected chi connectivity index (χ0v) is 16.9. The molecule has 0 aliphatic carbocycles. The maximum Gasteiger partial charge on any atom is 0.491 e. The van der Waals surface area contributed by atoms with Crippen molar-refractivity contribution in [2.45, 2.75) is 31.2 Å². The second-order valence-electron chi connectivity index (χ2n) is 8.01. The highest BCUT2D eigenvalue weighted by Gasteiger charge is 2.43. The fourth-order valence-electron chi connectivity index (χ4n) is 4.70. The van der Waals surface area contributed by atoms with E-state index in [1.165, 1.54) is 13.2 Å². The molecule has 3 aliphatic heterocycles. The van der Waals surface area contributed by atoms with Gasteiger partial charge in [-0.3, -0.25) is 4.90 Å². The number of rotatable bonds is 5. The molecule has 5 rings (SSSR count). The number of fused-ring (bicyclic) bond motifs is 4. The number of carbonyl (C=O) groups is 1. The highest BCUT2D eigenvalue weighted by atomic mass is 19.4. The molecule has 1 aromatic carbocycles. The Morgan fingerprint density at radius 2 is 2.16 bits per heavy atom. The van der Waals surface area contributed by atoms with Gasteiger partial charge in [0.1, 0.15) is 5.75 Å². The molecule has 1 aromatic heterocycles. The van der Waals surface area contributed by atoms with Crippen LogP contribution in [0.2, 0.25) is 0 Å². The number of pyridine rings is 1. The topological polar surface area (TPSA) is 71.9 Å². The number of aliphatic hydroxyl groups excluding tert-OH is 1. The van der Waals surface area contributed by atoms with Gasteiger partial charge in [0.15, 0.2) is 0 Å². The molecule has 5 atom stereocenters. The van der Waals surface area contributed by atoms with Gasteiger partial charge in [0, 0.05) is 24.0 Å². The maximum absolute atomic E-state index is 12.7. The lowest BCUT2D eigenvalue weighted by Crippen LogP contribution is -2.54. The van der Waals surface area contributed by atoms with Crippen LogP contribution >= 0.6 is 0 Å². The van der Waals surface area contributed by atoms with Crippen LogP contribution in [0.1, 0.15) is 24.5 Å². The molecule has 3 aliphatic rings. The molecule has 3 fully saturated rings. The van der Waals surface area contributed by atoms with E-state index < -0.39 is 24.1 Å². The Hall–Kier alpha value is -2.65. The number of alkyl halides is 3. The molecular weight excluding hydrogens is 413 g/mol. The molecule has 0 amide bonds. The molecule has 2 aromatic rings. The third-order valence-electron chi connectivity index (χ3n) is 6.29. The minimum Gasteiger partial charge on any atom is -0.497 e. The number of methoxy groups -OCH3 is 1. The van der Waals surface area contributed by atoms with Crippen LogP contribution in [0.3, 0.4) is 0 Å². The lowest BCUT2D eigenvalue weighted by atomic mass is 9.73. The number of esters is 1. The summed E-state index contributed by atoms with van der Waals surface area (Å²) >= 11 is 0. The molecule has 2 bridgehead atoms. The molecule has 9 heteroatoms. The zero-order valence-electron chi connectivity index (χ0n) is 16.9. The summed E-state index contributed by atoms with van der Waals surface area (Å²) in [6.45, 7) is 5.51. The summed E-state index contributed by atoms with van der Waals surface area (Å²) in [4.78, 5) is 17.6. The van der Waals surface area contributed by atoms with Crippen molar-refractivity contribution in [1.82, 2.24) is 9.88 Å². The summed E-state index contributed by atoms with van der Waals surface area (Å²) in [7, 11) is 1.49. The van der Waals surface area contributed by atoms with Gasteiger partial charge in [0.25, 0.3) is 0 Å². The van der Waals surface area contributed by atoms with E-state index in [2.05, 4.69) is 21.2 Å². The van der Waals surface area contributed by atoms with Gasteiger partial charge in [-0.25, -0.2) is 9.78 Å². The van der Waals surface area contributed by atoms with E-state index in [1.54, 1.807) is 18.2 Å². The van der Waals surface area contributed by atoms with Crippen molar-refractivity contribution < 1.29 is 32.5 Å². The zero-order chi connectivity index (χ0) is 22.3. The van der Waals surface area contributed by atoms with E-state index in [4.69, 9.17) is 4.74 Å². The summed E-state index contributed by atoms with van der Waals surface area (Å²) in [6.07, 6.45) is -2.46. The molecule has 4 heterocycles. The Kier molecular flexibility index (Phi) is 5.65. The van der Waals surface area contributed by atoms with Gasteiger partial charge in [0.05, 0.1) is 18.7 Å². The first-order valence-corrected chi connectivity index (χ1v) is 10.0. The van der Waals surface area contributed by atoms with Crippen LogP contribution in [0.4, 0.5) is 13.2 Å². The van der Waals surface area contributed by atoms with Crippen LogP contribution in [-0.4, -0.2) is 53.4 Å². The number of benzene rings is 1. The first kappa shape index (κ1) is 21.6. The van der Waals surface area contributed by atoms with Crippen molar-refractivity contribution in [3.05, 3.63) is 42.5 Å². The van der Waals surface area contributed by atoms with Crippen LogP contribution in [0.25, 0.3) is 10.9 Å². The molecular formula is C22H23F3N2O4. The predicted octanol–water partition coefficient (Wildman–Crippen LogP) is 3.64. The predicted molar refractivity (Wildman–Crippen MR) is 107 cm³/mol. The number of carbonyl (C=O) groups excluding carboxylic acids is 1. The second-order valence-corrected chi connectivity index (χ2v) is 8.01. The fourth-order valence-corrected chi connectivity index (χ4v) is 4.70. The average Bonchev–Trinajstić information content (AvgIpc) is 2.77. The minimum atomic E-state index is -5.15. The molecule has 6 nitrogen and oxygen atoms in total. The number of aromatic nitrogens is 1. The number of nitrogens with zero attached hydrogens (tertiary/aromatic N) is 2. The summed E-state index contributed by atoms with van der Waals surface area (Å²) in [6, 6.07) is 5.82. The Balaban J connectivity index is 1.74. The van der Waals surface area contributed by atoms with Crippen molar-refractivity contribution in [1.29, 1.82) is 0 Å². The van der Waals surface area contributed by atoms with Gasteiger partial charge in [-0.05, 0) is 55.0 Å². The minimum absolute atomic E-state index is 0.210. The molecule has 31 heavy (non-hydrogen) atoms. The van der Waals surface area contributed by atoms with E-state index in [1.807, 2.05) is 6.08 Å². The summed E-state index contributed by atoms with van der Waals surface area (Å²) in [5.74, 6) is -1.60. The van der Waals surface area contributed by atoms with Crippen molar-refractivity contribution in [3.8, 4) is 11.6 Å². The third-order valence-corrected chi connectivity index (χ3v) is 6.29. The van der Waals surface area contributed by atoms with Crippen LogP contribution in [0.5, 0.6) is 11.6 Å². The van der Waals surface area contributed by atoms with Crippen LogP contribution in [0, 0.1) is 11.8 Å². The van der Waals surface area contributed by atoms with E-state index in [0.29, 0.717) is 34.1 Å². The number of piperidine rings is 3. The largest absolute Gasteiger partial charge is 0.497 e. The van der Waals surface area contributed by atoms with E-state index >= 15 is 0 Å². The Labute approximate surface area is 177 Å². The molecule has 1 N–H and O–H groups in total. The number of aliphatic hydroxyl groups is 1. The quantitative estimate of drug-likeness (QED) is 0.570. The van der Waals surface area contributed by atoms with Gasteiger partial charge in [-0.15, -0.1) is 6.58 Å². The third kappa shape index (κ3) is 4.12. The number of hydrogen-bond acceptors (Lipinski definition) is 6. The standard InChI is InChI=1S/C22H23F3N2O4/c1-3-12-11-27-7-6-13(12)8-18(27)20(28)16-10-19(31-21(29)22(23,24)25)26-17-5-4-14(30-2)9-15(16)17/h3-5,9-10,12-13,18,20,28H,1,6-8,11H2,2H3/t12-,13?,18-,20+/m0/s1. The molecule has 2 unspecified atom stereocenters. The van der Waals surface area contributed by atoms with Gasteiger partial charge in [-0.1, -0.05) is 6.08 Å². The van der Waals surface area contributed by atoms with Gasteiger partial charge >= 0.3 is 12.1 Å². The Morgan fingerprint density at radius 1 is 1.39 bits per heavy atom. The van der Waals surface area contributed by atoms with Crippen molar-refractivity contribution in [2.24, 2.45) is 11.8 Å². The van der Waals surface area contributed by atoms with Gasteiger partial charge in [-0.2, -0.15) is 13.2 Å². The number of ether oxygens (including phenoxy) is 2. The van der Waals surface area contributed by atoms with Gasteiger partial charge in [0.2, 0.25) is 5.88 Å². The summed E-state index contributed by atoms with van der Waals surface area (Å²) < 4.78 is 47.8. The highest BCUT2D eigenvalue weighted by Crippen LogP contribution is 2.43.